The number of aromatic amines is 1. The van der Waals surface area contributed by atoms with E-state index in [1.54, 1.807) is 19.1 Å². The van der Waals surface area contributed by atoms with Gasteiger partial charge in [-0.25, -0.2) is 4.98 Å². The van der Waals surface area contributed by atoms with Gasteiger partial charge in [0.25, 0.3) is 5.56 Å². The van der Waals surface area contributed by atoms with Gasteiger partial charge in [0.1, 0.15) is 0 Å². The number of nitrogen functional groups attached to an aromatic ring is 1. The number of carbonyl (C=O) groups excluding carboxylic acids is 2. The Morgan fingerprint density at radius 1 is 1.27 bits per heavy atom. The number of nitrogens with two attached hydrogens (primary N) is 1. The Labute approximate surface area is 151 Å². The lowest BCUT2D eigenvalue weighted by molar-refractivity contribution is -0.146. The summed E-state index contributed by atoms with van der Waals surface area (Å²) in [5.41, 5.74) is 7.57. The molecule has 1 heterocycles. The number of Topliss-reactive ketones (excluding diaryl/α,β-unsaturated/α-hetero) is 1. The lowest BCUT2D eigenvalue weighted by atomic mass is 10.0. The van der Waals surface area contributed by atoms with E-state index in [-0.39, 0.29) is 30.1 Å². The summed E-state index contributed by atoms with van der Waals surface area (Å²) in [5, 5.41) is 0. The fraction of sp³-hybridized carbons (Fsp3) is 0.368. The minimum absolute atomic E-state index is 0.0259. The van der Waals surface area contributed by atoms with Gasteiger partial charge in [-0.15, -0.1) is 0 Å². The summed E-state index contributed by atoms with van der Waals surface area (Å²) in [6.45, 7) is 5.22. The van der Waals surface area contributed by atoms with Crippen LogP contribution in [0.3, 0.4) is 0 Å². The number of H-pyrrole nitrogens is 1. The molecule has 0 unspecified atom stereocenters. The van der Waals surface area contributed by atoms with E-state index in [0.717, 1.165) is 12.0 Å². The van der Waals surface area contributed by atoms with Crippen molar-refractivity contribution in [2.24, 2.45) is 0 Å². The van der Waals surface area contributed by atoms with Crippen molar-refractivity contribution < 1.29 is 14.3 Å². The van der Waals surface area contributed by atoms with E-state index >= 15 is 0 Å². The molecule has 0 spiro atoms. The number of ether oxygens (including phenoxy) is 1. The molecule has 7 nitrogen and oxygen atoms in total. The maximum Gasteiger partial charge on any atom is 0.306 e. The van der Waals surface area contributed by atoms with Crippen LogP contribution in [0.4, 0.5) is 5.95 Å². The number of anilines is 1. The fourth-order valence-corrected chi connectivity index (χ4v) is 2.60. The minimum Gasteiger partial charge on any atom is -0.454 e. The van der Waals surface area contributed by atoms with Crippen LogP contribution >= 0.6 is 0 Å². The first-order valence-electron chi connectivity index (χ1n) is 8.49. The van der Waals surface area contributed by atoms with Crippen LogP contribution in [0.1, 0.15) is 47.4 Å². The van der Waals surface area contributed by atoms with Gasteiger partial charge >= 0.3 is 5.97 Å². The molecule has 2 rings (SSSR count). The smallest absolute Gasteiger partial charge is 0.306 e. The third kappa shape index (κ3) is 4.78. The zero-order valence-corrected chi connectivity index (χ0v) is 15.2. The number of ketones is 1. The quantitative estimate of drug-likeness (QED) is 0.578. The van der Waals surface area contributed by atoms with Crippen molar-refractivity contribution in [3.63, 3.8) is 0 Å². The number of esters is 1. The van der Waals surface area contributed by atoms with E-state index in [1.165, 1.54) is 6.92 Å². The maximum atomic E-state index is 12.3. The molecule has 0 saturated heterocycles. The van der Waals surface area contributed by atoms with E-state index in [2.05, 4.69) is 9.97 Å². The largest absolute Gasteiger partial charge is 0.454 e. The van der Waals surface area contributed by atoms with Crippen LogP contribution in [0.15, 0.2) is 29.1 Å². The summed E-state index contributed by atoms with van der Waals surface area (Å²) in [6.07, 6.45) is 0.137. The normalized spacial score (nSPS) is 11.8. The van der Waals surface area contributed by atoms with E-state index in [9.17, 15) is 14.4 Å². The highest BCUT2D eigenvalue weighted by Crippen LogP contribution is 2.11. The summed E-state index contributed by atoms with van der Waals surface area (Å²) >= 11 is 0. The molecule has 0 radical (unpaired) electrons. The van der Waals surface area contributed by atoms with Crippen LogP contribution in [0, 0.1) is 6.92 Å². The van der Waals surface area contributed by atoms with E-state index in [0.29, 0.717) is 16.8 Å². The number of aromatic nitrogens is 2. The highest BCUT2D eigenvalue weighted by atomic mass is 16.5. The predicted octanol–water partition coefficient (Wildman–Crippen LogP) is 1.97. The van der Waals surface area contributed by atoms with Gasteiger partial charge in [0.05, 0.1) is 0 Å². The molecule has 1 aromatic carbocycles. The van der Waals surface area contributed by atoms with Crippen LogP contribution < -0.4 is 11.3 Å². The van der Waals surface area contributed by atoms with Crippen molar-refractivity contribution in [2.45, 2.75) is 46.1 Å². The molecule has 0 amide bonds. The number of hydrogen-bond acceptors (Lipinski definition) is 6. The lowest BCUT2D eigenvalue weighted by Crippen LogP contribution is -2.25. The number of nitrogens with one attached hydrogen (secondary N) is 1. The zero-order chi connectivity index (χ0) is 19.3. The lowest BCUT2D eigenvalue weighted by Gasteiger charge is -2.13. The van der Waals surface area contributed by atoms with Crippen LogP contribution in [0.2, 0.25) is 0 Å². The van der Waals surface area contributed by atoms with Gasteiger partial charge in [0.2, 0.25) is 11.7 Å². The fourth-order valence-electron chi connectivity index (χ4n) is 2.60. The Kier molecular flexibility index (Phi) is 6.27. The van der Waals surface area contributed by atoms with Crippen molar-refractivity contribution in [2.75, 3.05) is 5.73 Å². The molecule has 3 N–H and O–H groups in total. The first kappa shape index (κ1) is 19.4. The van der Waals surface area contributed by atoms with Crippen molar-refractivity contribution in [3.8, 4) is 0 Å². The molecule has 0 fully saturated rings. The molecule has 7 heteroatoms. The van der Waals surface area contributed by atoms with Crippen LogP contribution in [0.5, 0.6) is 0 Å². The predicted molar refractivity (Wildman–Crippen MR) is 98.0 cm³/mol. The van der Waals surface area contributed by atoms with Crippen molar-refractivity contribution >= 4 is 17.7 Å². The Morgan fingerprint density at radius 2 is 1.92 bits per heavy atom. The SMILES string of the molecule is CCc1ccc(C(=O)[C@H](C)OC(=O)CCc2c(C)nc(N)[nH]c2=O)cc1. The average Bonchev–Trinajstić information content (AvgIpc) is 2.60. The first-order valence-corrected chi connectivity index (χ1v) is 8.49. The highest BCUT2D eigenvalue weighted by Gasteiger charge is 2.20. The Hall–Kier alpha value is -2.96. The Bertz CT molecular complexity index is 856. The van der Waals surface area contributed by atoms with Crippen molar-refractivity contribution in [1.82, 2.24) is 9.97 Å². The van der Waals surface area contributed by atoms with E-state index in [1.807, 2.05) is 19.1 Å². The topological polar surface area (TPSA) is 115 Å². The first-order chi connectivity index (χ1) is 12.3. The number of hydrogen-bond donors (Lipinski definition) is 2. The summed E-state index contributed by atoms with van der Waals surface area (Å²) < 4.78 is 5.20. The molecule has 26 heavy (non-hydrogen) atoms. The summed E-state index contributed by atoms with van der Waals surface area (Å²) in [6, 6.07) is 7.22. The molecule has 138 valence electrons. The van der Waals surface area contributed by atoms with Crippen molar-refractivity contribution in [3.05, 3.63) is 57.0 Å². The maximum absolute atomic E-state index is 12.3. The number of rotatable bonds is 7. The second-order valence-electron chi connectivity index (χ2n) is 6.06. The van der Waals surface area contributed by atoms with Crippen LogP contribution in [0.25, 0.3) is 0 Å². The molecular weight excluding hydrogens is 334 g/mol. The van der Waals surface area contributed by atoms with E-state index in [4.69, 9.17) is 10.5 Å². The molecule has 0 saturated carbocycles. The number of carbonyl (C=O) groups is 2. The van der Waals surface area contributed by atoms with Gasteiger partial charge in [0.15, 0.2) is 6.10 Å². The van der Waals surface area contributed by atoms with Gasteiger partial charge in [-0.3, -0.25) is 19.4 Å². The molecule has 0 aliphatic heterocycles. The van der Waals surface area contributed by atoms with Gasteiger partial charge in [-0.2, -0.15) is 0 Å². The average molecular weight is 357 g/mol. The molecule has 0 aliphatic rings. The molecule has 0 aliphatic carbocycles. The van der Waals surface area contributed by atoms with Crippen LogP contribution in [-0.2, 0) is 22.4 Å². The standard InChI is InChI=1S/C19H23N3O4/c1-4-13-5-7-14(8-6-13)17(24)12(3)26-16(23)10-9-15-11(2)21-19(20)22-18(15)25/h5-8,12H,4,9-10H2,1-3H3,(H3,20,21,22,25)/t12-/m0/s1. The summed E-state index contributed by atoms with van der Waals surface area (Å²) in [5.74, 6) is -0.775. The molecular formula is C19H23N3O4. The Morgan fingerprint density at radius 3 is 2.50 bits per heavy atom. The van der Waals surface area contributed by atoms with Gasteiger partial charge < -0.3 is 10.5 Å². The van der Waals surface area contributed by atoms with E-state index < -0.39 is 12.1 Å². The second-order valence-corrected chi connectivity index (χ2v) is 6.06. The number of nitrogens with zero attached hydrogens (tertiary/aromatic N) is 1. The zero-order valence-electron chi connectivity index (χ0n) is 15.2. The molecule has 1 aromatic heterocycles. The highest BCUT2D eigenvalue weighted by molar-refractivity contribution is 6.00. The van der Waals surface area contributed by atoms with Crippen LogP contribution in [-0.4, -0.2) is 27.8 Å². The van der Waals surface area contributed by atoms with Gasteiger partial charge in [-0.05, 0) is 32.3 Å². The van der Waals surface area contributed by atoms with Gasteiger partial charge in [-0.1, -0.05) is 31.2 Å². The number of aryl methyl sites for hydroxylation is 2. The number of benzene rings is 1. The second kappa shape index (κ2) is 8.42. The van der Waals surface area contributed by atoms with Crippen molar-refractivity contribution in [1.29, 1.82) is 0 Å². The molecule has 1 atom stereocenters. The Balaban J connectivity index is 1.94. The van der Waals surface area contributed by atoms with Gasteiger partial charge in [0, 0.05) is 23.2 Å². The summed E-state index contributed by atoms with van der Waals surface area (Å²) in [7, 11) is 0. The third-order valence-corrected chi connectivity index (χ3v) is 4.14. The minimum atomic E-state index is -0.890. The summed E-state index contributed by atoms with van der Waals surface area (Å²) in [4.78, 5) is 42.6. The monoisotopic (exact) mass is 357 g/mol. The third-order valence-electron chi connectivity index (χ3n) is 4.14. The molecule has 0 bridgehead atoms. The molecule has 2 aromatic rings.